The molecule has 1 fully saturated rings. The first-order valence-electron chi connectivity index (χ1n) is 5.52. The molecule has 0 spiro atoms. The smallest absolute Gasteiger partial charge is 0.0750 e. The lowest BCUT2D eigenvalue weighted by Gasteiger charge is -2.23. The Kier molecular flexibility index (Phi) is 4.47. The van der Waals surface area contributed by atoms with Crippen LogP contribution in [0.15, 0.2) is 18.2 Å². The van der Waals surface area contributed by atoms with E-state index >= 15 is 0 Å². The van der Waals surface area contributed by atoms with Crippen molar-refractivity contribution in [2.45, 2.75) is 25.6 Å². The Balaban J connectivity index is 1.93. The number of ether oxygens (including phenoxy) is 1. The van der Waals surface area contributed by atoms with Gasteiger partial charge in [0.25, 0.3) is 0 Å². The minimum absolute atomic E-state index is 0.279. The second-order valence-corrected chi connectivity index (χ2v) is 4.79. The summed E-state index contributed by atoms with van der Waals surface area (Å²) in [5.41, 5.74) is 0.886. The van der Waals surface area contributed by atoms with Crippen LogP contribution in [0.4, 0.5) is 0 Å². The van der Waals surface area contributed by atoms with E-state index < -0.39 is 0 Å². The molecule has 1 aromatic carbocycles. The summed E-state index contributed by atoms with van der Waals surface area (Å²) in [5, 5.41) is 4.66. The summed E-state index contributed by atoms with van der Waals surface area (Å²) in [6.07, 6.45) is 2.55. The summed E-state index contributed by atoms with van der Waals surface area (Å²) >= 11 is 12.1. The molecule has 1 saturated heterocycles. The molecule has 1 N–H and O–H groups in total. The van der Waals surface area contributed by atoms with Crippen LogP contribution >= 0.6 is 23.2 Å². The van der Waals surface area contributed by atoms with Crippen molar-refractivity contribution in [1.82, 2.24) is 5.32 Å². The largest absolute Gasteiger partial charge is 0.372 e. The first-order valence-corrected chi connectivity index (χ1v) is 6.28. The maximum Gasteiger partial charge on any atom is 0.0750 e. The first-order chi connectivity index (χ1) is 7.77. The average Bonchev–Trinajstić information content (AvgIpc) is 2.30. The van der Waals surface area contributed by atoms with Crippen molar-refractivity contribution >= 4 is 23.2 Å². The zero-order valence-corrected chi connectivity index (χ0v) is 10.5. The number of piperidine rings is 1. The molecule has 2 rings (SSSR count). The second-order valence-electron chi connectivity index (χ2n) is 3.98. The topological polar surface area (TPSA) is 21.3 Å². The lowest BCUT2D eigenvalue weighted by atomic mass is 10.1. The predicted molar refractivity (Wildman–Crippen MR) is 67.1 cm³/mol. The van der Waals surface area contributed by atoms with Crippen molar-refractivity contribution in [3.63, 3.8) is 0 Å². The molecular weight excluding hydrogens is 245 g/mol. The Hall–Kier alpha value is -0.280. The Morgan fingerprint density at radius 2 is 2.06 bits per heavy atom. The Morgan fingerprint density at radius 1 is 1.31 bits per heavy atom. The van der Waals surface area contributed by atoms with Crippen LogP contribution in [0.1, 0.15) is 18.4 Å². The second kappa shape index (κ2) is 5.87. The summed E-state index contributed by atoms with van der Waals surface area (Å²) in [4.78, 5) is 0. The fourth-order valence-corrected chi connectivity index (χ4v) is 2.34. The molecule has 0 amide bonds. The van der Waals surface area contributed by atoms with Crippen LogP contribution in [0.2, 0.25) is 10.0 Å². The van der Waals surface area contributed by atoms with E-state index in [9.17, 15) is 0 Å². The van der Waals surface area contributed by atoms with Crippen molar-refractivity contribution < 1.29 is 4.74 Å². The van der Waals surface area contributed by atoms with Gasteiger partial charge in [-0.3, -0.25) is 0 Å². The SMILES string of the molecule is Clc1cccc(Cl)c1CO[C@@H]1CCCNC1. The van der Waals surface area contributed by atoms with Crippen molar-refractivity contribution in [2.75, 3.05) is 13.1 Å². The van der Waals surface area contributed by atoms with Gasteiger partial charge >= 0.3 is 0 Å². The minimum Gasteiger partial charge on any atom is -0.372 e. The van der Waals surface area contributed by atoms with Crippen LogP contribution in [0.3, 0.4) is 0 Å². The zero-order valence-electron chi connectivity index (χ0n) is 9.01. The molecule has 4 heteroatoms. The van der Waals surface area contributed by atoms with E-state index in [4.69, 9.17) is 27.9 Å². The average molecular weight is 260 g/mol. The van der Waals surface area contributed by atoms with Crippen molar-refractivity contribution in [2.24, 2.45) is 0 Å². The van der Waals surface area contributed by atoms with Gasteiger partial charge in [-0.05, 0) is 31.5 Å². The highest BCUT2D eigenvalue weighted by Gasteiger charge is 2.14. The van der Waals surface area contributed by atoms with Crippen molar-refractivity contribution in [3.8, 4) is 0 Å². The number of rotatable bonds is 3. The molecule has 1 aliphatic heterocycles. The van der Waals surface area contributed by atoms with Gasteiger partial charge < -0.3 is 10.1 Å². The monoisotopic (exact) mass is 259 g/mol. The minimum atomic E-state index is 0.279. The van der Waals surface area contributed by atoms with E-state index in [0.717, 1.165) is 25.1 Å². The highest BCUT2D eigenvalue weighted by atomic mass is 35.5. The highest BCUT2D eigenvalue weighted by molar-refractivity contribution is 6.35. The van der Waals surface area contributed by atoms with Crippen LogP contribution in [-0.4, -0.2) is 19.2 Å². The molecule has 1 aliphatic rings. The molecule has 1 aromatic rings. The highest BCUT2D eigenvalue weighted by Crippen LogP contribution is 2.25. The standard InChI is InChI=1S/C12H15Cl2NO/c13-11-4-1-5-12(14)10(11)8-16-9-3-2-6-15-7-9/h1,4-5,9,15H,2-3,6-8H2/t9-/m1/s1. The number of hydrogen-bond donors (Lipinski definition) is 1. The number of benzene rings is 1. The molecule has 0 aromatic heterocycles. The third-order valence-electron chi connectivity index (χ3n) is 2.78. The van der Waals surface area contributed by atoms with E-state index in [2.05, 4.69) is 5.32 Å². The fourth-order valence-electron chi connectivity index (χ4n) is 1.83. The van der Waals surface area contributed by atoms with E-state index in [-0.39, 0.29) is 6.10 Å². The number of halogens is 2. The number of hydrogen-bond acceptors (Lipinski definition) is 2. The van der Waals surface area contributed by atoms with Gasteiger partial charge in [-0.2, -0.15) is 0 Å². The summed E-state index contributed by atoms with van der Waals surface area (Å²) in [7, 11) is 0. The van der Waals surface area contributed by atoms with E-state index in [1.807, 2.05) is 18.2 Å². The predicted octanol–water partition coefficient (Wildman–Crippen LogP) is 3.26. The third kappa shape index (κ3) is 3.11. The molecule has 0 bridgehead atoms. The molecule has 88 valence electrons. The number of nitrogens with one attached hydrogen (secondary N) is 1. The molecule has 0 saturated carbocycles. The molecule has 0 unspecified atom stereocenters. The summed E-state index contributed by atoms with van der Waals surface area (Å²) in [5.74, 6) is 0. The Morgan fingerprint density at radius 3 is 2.69 bits per heavy atom. The van der Waals surface area contributed by atoms with Crippen molar-refractivity contribution in [1.29, 1.82) is 0 Å². The van der Waals surface area contributed by atoms with Gasteiger partial charge in [-0.25, -0.2) is 0 Å². The third-order valence-corrected chi connectivity index (χ3v) is 3.48. The Labute approximate surface area is 106 Å². The zero-order chi connectivity index (χ0) is 11.4. The van der Waals surface area contributed by atoms with Crippen LogP contribution < -0.4 is 5.32 Å². The lowest BCUT2D eigenvalue weighted by Crippen LogP contribution is -2.35. The van der Waals surface area contributed by atoms with Gasteiger partial charge in [0.15, 0.2) is 0 Å². The van der Waals surface area contributed by atoms with Crippen LogP contribution in [0.25, 0.3) is 0 Å². The van der Waals surface area contributed by atoms with Gasteiger partial charge in [0, 0.05) is 22.2 Å². The van der Waals surface area contributed by atoms with Crippen LogP contribution in [0.5, 0.6) is 0 Å². The first kappa shape index (κ1) is 12.2. The van der Waals surface area contributed by atoms with Crippen molar-refractivity contribution in [3.05, 3.63) is 33.8 Å². The van der Waals surface area contributed by atoms with Crippen LogP contribution in [-0.2, 0) is 11.3 Å². The van der Waals surface area contributed by atoms with E-state index in [0.29, 0.717) is 16.7 Å². The molecule has 2 nitrogen and oxygen atoms in total. The normalized spacial score (nSPS) is 21.0. The van der Waals surface area contributed by atoms with Gasteiger partial charge in [0.05, 0.1) is 12.7 Å². The molecule has 1 atom stereocenters. The van der Waals surface area contributed by atoms with Gasteiger partial charge in [0.2, 0.25) is 0 Å². The summed E-state index contributed by atoms with van der Waals surface area (Å²) < 4.78 is 5.80. The maximum atomic E-state index is 6.07. The quantitative estimate of drug-likeness (QED) is 0.900. The van der Waals surface area contributed by atoms with Gasteiger partial charge in [-0.15, -0.1) is 0 Å². The lowest BCUT2D eigenvalue weighted by molar-refractivity contribution is 0.0254. The Bertz CT molecular complexity index is 331. The summed E-state index contributed by atoms with van der Waals surface area (Å²) in [6, 6.07) is 5.52. The van der Waals surface area contributed by atoms with Crippen LogP contribution in [0, 0.1) is 0 Å². The molecule has 16 heavy (non-hydrogen) atoms. The molecule has 1 heterocycles. The summed E-state index contributed by atoms with van der Waals surface area (Å²) in [6.45, 7) is 2.50. The van der Waals surface area contributed by atoms with E-state index in [1.54, 1.807) is 0 Å². The van der Waals surface area contributed by atoms with Gasteiger partial charge in [-0.1, -0.05) is 29.3 Å². The molecule has 0 aliphatic carbocycles. The molecule has 0 radical (unpaired) electrons. The fraction of sp³-hybridized carbons (Fsp3) is 0.500. The van der Waals surface area contributed by atoms with E-state index in [1.165, 1.54) is 6.42 Å². The molecular formula is C12H15Cl2NO. The maximum absolute atomic E-state index is 6.07. The van der Waals surface area contributed by atoms with Gasteiger partial charge in [0.1, 0.15) is 0 Å².